The van der Waals surface area contributed by atoms with E-state index < -0.39 is 0 Å². The minimum absolute atomic E-state index is 0.325. The van der Waals surface area contributed by atoms with Crippen molar-refractivity contribution in [3.05, 3.63) is 6.20 Å². The largest absolute Gasteiger partial charge is 0.377 e. The molecule has 0 unspecified atom stereocenters. The van der Waals surface area contributed by atoms with Gasteiger partial charge in [-0.1, -0.05) is 0 Å². The molecule has 7 heteroatoms. The highest BCUT2D eigenvalue weighted by Crippen LogP contribution is 1.98. The predicted octanol–water partition coefficient (Wildman–Crippen LogP) is -1.50. The molecule has 0 bridgehead atoms. The molecule has 0 radical (unpaired) electrons. The van der Waals surface area contributed by atoms with Crippen LogP contribution in [0.25, 0.3) is 0 Å². The van der Waals surface area contributed by atoms with Crippen LogP contribution in [0.4, 0.5) is 5.88 Å². The molecule has 1 aromatic heterocycles. The standard InChI is InChI=1S/C7H10N4O3/c12-6-8-7-5-11(9-14-7)10-1-3-13-4-2-10/h5-6H,1-4H2/p+1. The smallest absolute Gasteiger partial charge is 0.305 e. The molecule has 14 heavy (non-hydrogen) atoms. The Kier molecular flexibility index (Phi) is 2.59. The zero-order valence-electron chi connectivity index (χ0n) is 7.55. The number of carbonyl (C=O) groups excluding carboxylic acids is 1. The number of amides is 1. The zero-order valence-corrected chi connectivity index (χ0v) is 7.55. The summed E-state index contributed by atoms with van der Waals surface area (Å²) in [4.78, 5) is 11.7. The van der Waals surface area contributed by atoms with Crippen LogP contribution < -0.4 is 15.1 Å². The van der Waals surface area contributed by atoms with E-state index in [1.807, 2.05) is 5.01 Å². The van der Waals surface area contributed by atoms with Gasteiger partial charge in [0.1, 0.15) is 0 Å². The van der Waals surface area contributed by atoms with Gasteiger partial charge >= 0.3 is 5.88 Å². The van der Waals surface area contributed by atoms with Crippen LogP contribution in [0, 0.1) is 0 Å². The van der Waals surface area contributed by atoms with E-state index in [0.29, 0.717) is 25.5 Å². The Bertz CT molecular complexity index is 308. The van der Waals surface area contributed by atoms with E-state index in [-0.39, 0.29) is 0 Å². The van der Waals surface area contributed by atoms with Crippen LogP contribution >= 0.6 is 0 Å². The summed E-state index contributed by atoms with van der Waals surface area (Å²) < 4.78 is 10.0. The fraction of sp³-hybridized carbons (Fsp3) is 0.571. The number of ether oxygens (including phenoxy) is 1. The molecule has 7 nitrogen and oxygen atoms in total. The van der Waals surface area contributed by atoms with Crippen molar-refractivity contribution >= 4 is 12.3 Å². The van der Waals surface area contributed by atoms with Gasteiger partial charge in [0.2, 0.25) is 11.7 Å². The molecule has 1 amide bonds. The third-order valence-corrected chi connectivity index (χ3v) is 1.93. The van der Waals surface area contributed by atoms with Gasteiger partial charge in [-0.15, -0.1) is 5.01 Å². The van der Waals surface area contributed by atoms with Crippen molar-refractivity contribution in [2.75, 3.05) is 36.6 Å². The van der Waals surface area contributed by atoms with Crippen LogP contribution in [-0.4, -0.2) is 38.0 Å². The molecule has 0 aliphatic carbocycles. The van der Waals surface area contributed by atoms with Crippen molar-refractivity contribution in [3.8, 4) is 0 Å². The van der Waals surface area contributed by atoms with E-state index in [2.05, 4.69) is 10.6 Å². The maximum absolute atomic E-state index is 10.1. The Morgan fingerprint density at radius 1 is 1.57 bits per heavy atom. The number of nitrogens with one attached hydrogen (secondary N) is 1. The number of aromatic nitrogens is 2. The second-order valence-electron chi connectivity index (χ2n) is 2.81. The fourth-order valence-corrected chi connectivity index (χ4v) is 1.25. The topological polar surface area (TPSA) is 71.5 Å². The predicted molar refractivity (Wildman–Crippen MR) is 45.2 cm³/mol. The van der Waals surface area contributed by atoms with Gasteiger partial charge in [0.25, 0.3) is 6.20 Å². The van der Waals surface area contributed by atoms with Crippen molar-refractivity contribution in [1.29, 1.82) is 0 Å². The third kappa shape index (κ3) is 1.82. The Labute approximate surface area is 80.2 Å². The van der Waals surface area contributed by atoms with Crippen LogP contribution in [0.5, 0.6) is 0 Å². The summed E-state index contributed by atoms with van der Waals surface area (Å²) >= 11 is 0. The summed E-state index contributed by atoms with van der Waals surface area (Å²) in [5.74, 6) is 0.325. The summed E-state index contributed by atoms with van der Waals surface area (Å²) in [5, 5.41) is 8.09. The number of anilines is 1. The molecule has 1 N–H and O–H groups in total. The normalized spacial score (nSPS) is 16.7. The summed E-state index contributed by atoms with van der Waals surface area (Å²) in [7, 11) is 0. The van der Waals surface area contributed by atoms with Crippen molar-refractivity contribution in [3.63, 3.8) is 0 Å². The van der Waals surface area contributed by atoms with E-state index in [1.165, 1.54) is 0 Å². The van der Waals surface area contributed by atoms with Crippen LogP contribution in [0.3, 0.4) is 0 Å². The third-order valence-electron chi connectivity index (χ3n) is 1.93. The second-order valence-corrected chi connectivity index (χ2v) is 2.81. The first-order valence-electron chi connectivity index (χ1n) is 4.32. The average molecular weight is 199 g/mol. The molecular formula is C7H11N4O3+. The molecule has 1 saturated heterocycles. The molecule has 0 spiro atoms. The second kappa shape index (κ2) is 4.05. The van der Waals surface area contributed by atoms with Crippen molar-refractivity contribution < 1.29 is 18.8 Å². The molecule has 1 fully saturated rings. The Balaban J connectivity index is 2.03. The Morgan fingerprint density at radius 2 is 2.36 bits per heavy atom. The molecule has 1 aromatic rings. The van der Waals surface area contributed by atoms with Gasteiger partial charge in [-0.05, 0) is 0 Å². The van der Waals surface area contributed by atoms with E-state index in [4.69, 9.17) is 9.26 Å². The number of rotatable bonds is 3. The number of hydrogen-bond donors (Lipinski definition) is 1. The van der Waals surface area contributed by atoms with Gasteiger partial charge < -0.3 is 4.74 Å². The first kappa shape index (κ1) is 8.95. The molecule has 76 valence electrons. The van der Waals surface area contributed by atoms with Gasteiger partial charge in [0.05, 0.1) is 31.1 Å². The molecule has 1 aliphatic heterocycles. The molecule has 0 saturated carbocycles. The lowest BCUT2D eigenvalue weighted by molar-refractivity contribution is -0.759. The monoisotopic (exact) mass is 199 g/mol. The van der Waals surface area contributed by atoms with Gasteiger partial charge in [0.15, 0.2) is 0 Å². The number of morpholine rings is 1. The van der Waals surface area contributed by atoms with Gasteiger partial charge in [-0.25, -0.2) is 0 Å². The molecule has 0 aromatic carbocycles. The number of nitrogens with zero attached hydrogens (tertiary/aromatic N) is 3. The molecular weight excluding hydrogens is 188 g/mol. The van der Waals surface area contributed by atoms with E-state index >= 15 is 0 Å². The zero-order chi connectivity index (χ0) is 9.80. The molecule has 2 rings (SSSR count). The van der Waals surface area contributed by atoms with Crippen molar-refractivity contribution in [1.82, 2.24) is 5.27 Å². The quantitative estimate of drug-likeness (QED) is 0.474. The first-order valence-corrected chi connectivity index (χ1v) is 4.32. The lowest BCUT2D eigenvalue weighted by Crippen LogP contribution is -2.62. The summed E-state index contributed by atoms with van der Waals surface area (Å²) in [5.41, 5.74) is 0. The van der Waals surface area contributed by atoms with Gasteiger partial charge in [0, 0.05) is 0 Å². The minimum atomic E-state index is 0.325. The lowest BCUT2D eigenvalue weighted by atomic mass is 10.5. The van der Waals surface area contributed by atoms with E-state index in [9.17, 15) is 4.79 Å². The summed E-state index contributed by atoms with van der Waals surface area (Å²) in [6.07, 6.45) is 2.16. The van der Waals surface area contributed by atoms with Crippen molar-refractivity contribution in [2.45, 2.75) is 0 Å². The van der Waals surface area contributed by atoms with Crippen LogP contribution in [0.15, 0.2) is 10.7 Å². The highest BCUT2D eigenvalue weighted by atomic mass is 16.5. The fourth-order valence-electron chi connectivity index (χ4n) is 1.25. The van der Waals surface area contributed by atoms with Gasteiger partial charge in [-0.3, -0.25) is 14.6 Å². The van der Waals surface area contributed by atoms with E-state index in [1.54, 1.807) is 11.0 Å². The summed E-state index contributed by atoms with van der Waals surface area (Å²) in [6, 6.07) is 0. The van der Waals surface area contributed by atoms with Crippen LogP contribution in [0.1, 0.15) is 0 Å². The van der Waals surface area contributed by atoms with Crippen LogP contribution in [-0.2, 0) is 9.53 Å². The van der Waals surface area contributed by atoms with Crippen LogP contribution in [0.2, 0.25) is 0 Å². The highest BCUT2D eigenvalue weighted by molar-refractivity contribution is 5.66. The Hall–Kier alpha value is -1.63. The SMILES string of the molecule is O=CNc1c[n+](N2CCOCC2)no1. The highest BCUT2D eigenvalue weighted by Gasteiger charge is 2.22. The average Bonchev–Trinajstić information content (AvgIpc) is 2.68. The Morgan fingerprint density at radius 3 is 3.07 bits per heavy atom. The first-order chi connectivity index (χ1) is 6.90. The summed E-state index contributed by atoms with van der Waals surface area (Å²) in [6.45, 7) is 2.88. The maximum Gasteiger partial charge on any atom is 0.305 e. The maximum atomic E-state index is 10.1. The molecule has 0 atom stereocenters. The minimum Gasteiger partial charge on any atom is -0.377 e. The van der Waals surface area contributed by atoms with Crippen molar-refractivity contribution in [2.24, 2.45) is 0 Å². The lowest BCUT2D eigenvalue weighted by Gasteiger charge is -2.18. The molecule has 2 heterocycles. The van der Waals surface area contributed by atoms with Gasteiger partial charge in [-0.2, -0.15) is 0 Å². The van der Waals surface area contributed by atoms with E-state index in [0.717, 1.165) is 13.1 Å². The molecule has 1 aliphatic rings. The number of hydrogen-bond acceptors (Lipinski definition) is 5. The number of carbonyl (C=O) groups is 1.